The summed E-state index contributed by atoms with van der Waals surface area (Å²) in [4.78, 5) is 23.0. The lowest BCUT2D eigenvalue weighted by molar-refractivity contribution is -0.142. The highest BCUT2D eigenvalue weighted by Gasteiger charge is 2.22. The smallest absolute Gasteiger partial charge is 0.325 e. The van der Waals surface area contributed by atoms with Crippen molar-refractivity contribution in [2.24, 2.45) is 5.92 Å². The Bertz CT molecular complexity index is 492. The summed E-state index contributed by atoms with van der Waals surface area (Å²) in [7, 11) is 1.58. The molecule has 1 amide bonds. The van der Waals surface area contributed by atoms with E-state index in [0.717, 1.165) is 10.0 Å². The fourth-order valence-corrected chi connectivity index (χ4v) is 2.37. The number of hydrogen-bond acceptors (Lipinski definition) is 3. The predicted molar refractivity (Wildman–Crippen MR) is 83.1 cm³/mol. The van der Waals surface area contributed by atoms with Crippen LogP contribution in [0.5, 0.6) is 0 Å². The van der Waals surface area contributed by atoms with Crippen LogP contribution in [0, 0.1) is 5.92 Å². The number of rotatable bonds is 8. The Morgan fingerprint density at radius 1 is 1.43 bits per heavy atom. The summed E-state index contributed by atoms with van der Waals surface area (Å²) in [6, 6.07) is 6.82. The van der Waals surface area contributed by atoms with E-state index in [4.69, 9.17) is 9.84 Å². The average molecular weight is 358 g/mol. The van der Waals surface area contributed by atoms with Crippen LogP contribution in [0.1, 0.15) is 18.9 Å². The third kappa shape index (κ3) is 6.27. The van der Waals surface area contributed by atoms with Crippen LogP contribution in [0.3, 0.4) is 0 Å². The molecule has 0 heterocycles. The number of benzene rings is 1. The van der Waals surface area contributed by atoms with E-state index >= 15 is 0 Å². The molecule has 0 aliphatic rings. The van der Waals surface area contributed by atoms with Crippen molar-refractivity contribution in [2.75, 3.05) is 13.7 Å². The number of carboxylic acids is 1. The first-order chi connectivity index (χ1) is 9.93. The van der Waals surface area contributed by atoms with Gasteiger partial charge in [0.15, 0.2) is 0 Å². The van der Waals surface area contributed by atoms with Crippen LogP contribution in [-0.4, -0.2) is 36.7 Å². The van der Waals surface area contributed by atoms with Crippen LogP contribution < -0.4 is 5.32 Å². The van der Waals surface area contributed by atoms with Gasteiger partial charge in [0.1, 0.15) is 6.04 Å². The molecule has 6 heteroatoms. The van der Waals surface area contributed by atoms with Gasteiger partial charge in [-0.3, -0.25) is 9.59 Å². The number of ether oxygens (including phenoxy) is 1. The molecule has 1 aromatic rings. The normalized spacial score (nSPS) is 13.5. The van der Waals surface area contributed by atoms with Crippen molar-refractivity contribution < 1.29 is 19.4 Å². The Morgan fingerprint density at radius 2 is 2.14 bits per heavy atom. The van der Waals surface area contributed by atoms with Gasteiger partial charge < -0.3 is 15.2 Å². The fraction of sp³-hybridized carbons (Fsp3) is 0.467. The molecule has 0 saturated carbocycles. The van der Waals surface area contributed by atoms with Crippen molar-refractivity contribution in [3.8, 4) is 0 Å². The minimum Gasteiger partial charge on any atom is -0.480 e. The van der Waals surface area contributed by atoms with Crippen molar-refractivity contribution in [1.82, 2.24) is 5.32 Å². The van der Waals surface area contributed by atoms with E-state index in [1.807, 2.05) is 24.3 Å². The number of hydrogen-bond donors (Lipinski definition) is 2. The van der Waals surface area contributed by atoms with Gasteiger partial charge in [0, 0.05) is 24.1 Å². The summed E-state index contributed by atoms with van der Waals surface area (Å²) in [5.41, 5.74) is 1.02. The molecule has 1 aromatic carbocycles. The molecule has 5 nitrogen and oxygen atoms in total. The molecule has 0 aliphatic carbocycles. The highest BCUT2D eigenvalue weighted by Crippen LogP contribution is 2.17. The number of aliphatic carboxylic acids is 1. The second-order valence-electron chi connectivity index (χ2n) is 4.88. The Balaban J connectivity index is 2.74. The number of carbonyl (C=O) groups is 2. The number of amides is 1. The second kappa shape index (κ2) is 8.79. The molecule has 0 aromatic heterocycles. The first-order valence-corrected chi connectivity index (χ1v) is 7.50. The molecular weight excluding hydrogens is 338 g/mol. The van der Waals surface area contributed by atoms with Crippen LogP contribution in [-0.2, 0) is 20.7 Å². The van der Waals surface area contributed by atoms with Gasteiger partial charge in [-0.1, -0.05) is 28.1 Å². The lowest BCUT2D eigenvalue weighted by Gasteiger charge is -2.18. The van der Waals surface area contributed by atoms with E-state index in [1.165, 1.54) is 6.92 Å². The maximum atomic E-state index is 12.2. The van der Waals surface area contributed by atoms with Crippen molar-refractivity contribution in [3.05, 3.63) is 34.3 Å². The first kappa shape index (κ1) is 17.7. The molecule has 0 saturated heterocycles. The van der Waals surface area contributed by atoms with Gasteiger partial charge in [0.25, 0.3) is 0 Å². The van der Waals surface area contributed by atoms with Crippen LogP contribution in [0.4, 0.5) is 0 Å². The van der Waals surface area contributed by atoms with Crippen LogP contribution in [0.15, 0.2) is 28.7 Å². The number of methoxy groups -OCH3 is 1. The highest BCUT2D eigenvalue weighted by atomic mass is 79.9. The van der Waals surface area contributed by atoms with E-state index < -0.39 is 12.0 Å². The first-order valence-electron chi connectivity index (χ1n) is 6.70. The molecule has 116 valence electrons. The highest BCUT2D eigenvalue weighted by molar-refractivity contribution is 9.10. The molecule has 2 N–H and O–H groups in total. The maximum Gasteiger partial charge on any atom is 0.325 e. The number of carbonyl (C=O) groups excluding carboxylic acids is 1. The van der Waals surface area contributed by atoms with Gasteiger partial charge >= 0.3 is 5.97 Å². The Hall–Kier alpha value is -1.40. The summed E-state index contributed by atoms with van der Waals surface area (Å²) in [5, 5.41) is 11.4. The predicted octanol–water partition coefficient (Wildman–Crippen LogP) is 2.23. The zero-order chi connectivity index (χ0) is 15.8. The largest absolute Gasteiger partial charge is 0.480 e. The average Bonchev–Trinajstić information content (AvgIpc) is 2.43. The second-order valence-corrected chi connectivity index (χ2v) is 5.80. The third-order valence-corrected chi connectivity index (χ3v) is 3.63. The molecule has 0 bridgehead atoms. The molecule has 0 fully saturated rings. The molecule has 1 rings (SSSR count). The van der Waals surface area contributed by atoms with Crippen LogP contribution in [0.2, 0.25) is 0 Å². The molecule has 2 unspecified atom stereocenters. The topological polar surface area (TPSA) is 75.6 Å². The standard InChI is InChI=1S/C15H20BrNO4/c1-10(15(19)20)17-14(18)12(6-7-21-2)8-11-4-3-5-13(16)9-11/h3-5,9-10,12H,6-8H2,1-2H3,(H,17,18)(H,19,20). The van der Waals surface area contributed by atoms with E-state index in [2.05, 4.69) is 21.2 Å². The van der Waals surface area contributed by atoms with Gasteiger partial charge in [0.05, 0.1) is 0 Å². The van der Waals surface area contributed by atoms with Gasteiger partial charge in [-0.05, 0) is 37.5 Å². The zero-order valence-electron chi connectivity index (χ0n) is 12.1. The zero-order valence-corrected chi connectivity index (χ0v) is 13.7. The summed E-state index contributed by atoms with van der Waals surface area (Å²) in [6.07, 6.45) is 1.09. The third-order valence-electron chi connectivity index (χ3n) is 3.14. The van der Waals surface area contributed by atoms with Crippen molar-refractivity contribution in [3.63, 3.8) is 0 Å². The number of halogens is 1. The van der Waals surface area contributed by atoms with Gasteiger partial charge in [-0.2, -0.15) is 0 Å². The van der Waals surface area contributed by atoms with E-state index in [-0.39, 0.29) is 11.8 Å². The Morgan fingerprint density at radius 3 is 2.71 bits per heavy atom. The van der Waals surface area contributed by atoms with Crippen molar-refractivity contribution in [1.29, 1.82) is 0 Å². The van der Waals surface area contributed by atoms with E-state index in [9.17, 15) is 9.59 Å². The van der Waals surface area contributed by atoms with Gasteiger partial charge in [-0.15, -0.1) is 0 Å². The molecule has 21 heavy (non-hydrogen) atoms. The summed E-state index contributed by atoms with van der Waals surface area (Å²) >= 11 is 3.40. The Kier molecular flexibility index (Phi) is 7.39. The lowest BCUT2D eigenvalue weighted by Crippen LogP contribution is -2.42. The summed E-state index contributed by atoms with van der Waals surface area (Å²) in [6.45, 7) is 1.90. The van der Waals surface area contributed by atoms with E-state index in [0.29, 0.717) is 19.4 Å². The molecule has 0 spiro atoms. The number of carboxylic acid groups (broad SMARTS) is 1. The summed E-state index contributed by atoms with van der Waals surface area (Å²) in [5.74, 6) is -1.63. The van der Waals surface area contributed by atoms with Crippen LogP contribution >= 0.6 is 15.9 Å². The quantitative estimate of drug-likeness (QED) is 0.747. The van der Waals surface area contributed by atoms with Crippen molar-refractivity contribution in [2.45, 2.75) is 25.8 Å². The lowest BCUT2D eigenvalue weighted by atomic mass is 9.95. The minimum absolute atomic E-state index is 0.262. The fourth-order valence-electron chi connectivity index (χ4n) is 1.93. The van der Waals surface area contributed by atoms with Crippen molar-refractivity contribution >= 4 is 27.8 Å². The molecular formula is C15H20BrNO4. The monoisotopic (exact) mass is 357 g/mol. The SMILES string of the molecule is COCCC(Cc1cccc(Br)c1)C(=O)NC(C)C(=O)O. The van der Waals surface area contributed by atoms with E-state index in [1.54, 1.807) is 7.11 Å². The maximum absolute atomic E-state index is 12.2. The Labute approximate surface area is 132 Å². The minimum atomic E-state index is -1.05. The molecule has 0 radical (unpaired) electrons. The number of nitrogens with one attached hydrogen (secondary N) is 1. The van der Waals surface area contributed by atoms with Gasteiger partial charge in [0.2, 0.25) is 5.91 Å². The molecule has 0 aliphatic heterocycles. The van der Waals surface area contributed by atoms with Crippen LogP contribution in [0.25, 0.3) is 0 Å². The van der Waals surface area contributed by atoms with Gasteiger partial charge in [-0.25, -0.2) is 0 Å². The summed E-state index contributed by atoms with van der Waals surface area (Å²) < 4.78 is 5.98. The molecule has 2 atom stereocenters.